The molecule has 2 aliphatic rings. The molecular formula is C17H18N2O2S2. The molecule has 2 saturated heterocycles. The van der Waals surface area contributed by atoms with Gasteiger partial charge in [-0.1, -0.05) is 0 Å². The molecule has 120 valence electrons. The van der Waals surface area contributed by atoms with E-state index in [9.17, 15) is 9.59 Å². The van der Waals surface area contributed by atoms with Gasteiger partial charge in [-0.05, 0) is 42.2 Å². The summed E-state index contributed by atoms with van der Waals surface area (Å²) in [6.45, 7) is 2.07. The van der Waals surface area contributed by atoms with Crippen molar-refractivity contribution in [1.82, 2.24) is 4.90 Å². The smallest absolute Gasteiger partial charge is 0.254 e. The number of hydrogen-bond donors (Lipinski definition) is 0. The summed E-state index contributed by atoms with van der Waals surface area (Å²) in [4.78, 5) is 29.4. The van der Waals surface area contributed by atoms with Crippen molar-refractivity contribution in [1.29, 1.82) is 0 Å². The van der Waals surface area contributed by atoms with Gasteiger partial charge in [-0.3, -0.25) is 9.59 Å². The molecule has 4 nitrogen and oxygen atoms in total. The van der Waals surface area contributed by atoms with Crippen LogP contribution < -0.4 is 4.90 Å². The first-order valence-electron chi connectivity index (χ1n) is 7.85. The molecule has 4 heterocycles. The average molecular weight is 346 g/mol. The highest BCUT2D eigenvalue weighted by Crippen LogP contribution is 2.42. The van der Waals surface area contributed by atoms with Crippen LogP contribution in [-0.2, 0) is 4.79 Å². The fourth-order valence-electron chi connectivity index (χ4n) is 3.73. The van der Waals surface area contributed by atoms with E-state index in [1.807, 2.05) is 43.5 Å². The average Bonchev–Trinajstić information content (AvgIpc) is 3.31. The maximum Gasteiger partial charge on any atom is 0.254 e. The van der Waals surface area contributed by atoms with Crippen molar-refractivity contribution in [3.05, 3.63) is 39.2 Å². The standard InChI is InChI=1S/C17H18N2O2S2/c20-15(13-2-8-22-10-13)18-6-1-4-17(12-18)5-7-19(16(17)21)14-3-9-23-11-14/h2-3,8-11H,1,4-7,12H2/t17-/m0/s1. The van der Waals surface area contributed by atoms with Crippen LogP contribution in [0.25, 0.3) is 0 Å². The quantitative estimate of drug-likeness (QED) is 0.835. The van der Waals surface area contributed by atoms with Gasteiger partial charge in [0, 0.05) is 30.4 Å². The minimum Gasteiger partial charge on any atom is -0.338 e. The lowest BCUT2D eigenvalue weighted by molar-refractivity contribution is -0.127. The third-order valence-electron chi connectivity index (χ3n) is 4.96. The van der Waals surface area contributed by atoms with Crippen molar-refractivity contribution in [2.24, 2.45) is 5.41 Å². The molecular weight excluding hydrogens is 328 g/mol. The molecule has 2 amide bonds. The first-order chi connectivity index (χ1) is 11.2. The normalized spacial score (nSPS) is 24.6. The van der Waals surface area contributed by atoms with Crippen molar-refractivity contribution >= 4 is 40.2 Å². The predicted molar refractivity (Wildman–Crippen MR) is 93.2 cm³/mol. The van der Waals surface area contributed by atoms with Gasteiger partial charge < -0.3 is 9.80 Å². The van der Waals surface area contributed by atoms with Crippen LogP contribution >= 0.6 is 22.7 Å². The van der Waals surface area contributed by atoms with E-state index in [4.69, 9.17) is 0 Å². The van der Waals surface area contributed by atoms with Crippen LogP contribution in [0.3, 0.4) is 0 Å². The van der Waals surface area contributed by atoms with Gasteiger partial charge in [-0.25, -0.2) is 0 Å². The van der Waals surface area contributed by atoms with Gasteiger partial charge in [0.05, 0.1) is 16.7 Å². The first kappa shape index (κ1) is 14.9. The number of amides is 2. The number of carbonyl (C=O) groups is 2. The third-order valence-corrected chi connectivity index (χ3v) is 6.32. The highest BCUT2D eigenvalue weighted by molar-refractivity contribution is 7.08. The third kappa shape index (κ3) is 2.50. The first-order valence-corrected chi connectivity index (χ1v) is 9.74. The molecule has 2 aliphatic heterocycles. The summed E-state index contributed by atoms with van der Waals surface area (Å²) in [5.41, 5.74) is 1.36. The zero-order valence-corrected chi connectivity index (χ0v) is 14.4. The summed E-state index contributed by atoms with van der Waals surface area (Å²) < 4.78 is 0. The van der Waals surface area contributed by atoms with E-state index >= 15 is 0 Å². The van der Waals surface area contributed by atoms with Crippen molar-refractivity contribution in [3.63, 3.8) is 0 Å². The number of hydrogen-bond acceptors (Lipinski definition) is 4. The van der Waals surface area contributed by atoms with Crippen LogP contribution in [0.5, 0.6) is 0 Å². The van der Waals surface area contributed by atoms with Crippen LogP contribution in [-0.4, -0.2) is 36.3 Å². The second-order valence-corrected chi connectivity index (χ2v) is 7.87. The molecule has 0 bridgehead atoms. The lowest BCUT2D eigenvalue weighted by Crippen LogP contribution is -2.49. The largest absolute Gasteiger partial charge is 0.338 e. The Morgan fingerprint density at radius 2 is 1.91 bits per heavy atom. The Balaban J connectivity index is 1.55. The second-order valence-electron chi connectivity index (χ2n) is 6.31. The number of piperidine rings is 1. The summed E-state index contributed by atoms with van der Waals surface area (Å²) in [7, 11) is 0. The molecule has 0 N–H and O–H groups in total. The lowest BCUT2D eigenvalue weighted by Gasteiger charge is -2.38. The Morgan fingerprint density at radius 1 is 1.09 bits per heavy atom. The van der Waals surface area contributed by atoms with Crippen molar-refractivity contribution < 1.29 is 9.59 Å². The van der Waals surface area contributed by atoms with Gasteiger partial charge >= 0.3 is 0 Å². The summed E-state index contributed by atoms with van der Waals surface area (Å²) in [6, 6.07) is 3.86. The van der Waals surface area contributed by atoms with E-state index in [0.717, 1.165) is 43.6 Å². The zero-order chi connectivity index (χ0) is 15.9. The van der Waals surface area contributed by atoms with Crippen LogP contribution in [0.4, 0.5) is 5.69 Å². The summed E-state index contributed by atoms with van der Waals surface area (Å²) in [5.74, 6) is 0.255. The maximum absolute atomic E-state index is 13.0. The maximum atomic E-state index is 13.0. The van der Waals surface area contributed by atoms with Crippen LogP contribution in [0.15, 0.2) is 33.7 Å². The Hall–Kier alpha value is -1.66. The Morgan fingerprint density at radius 3 is 2.65 bits per heavy atom. The fourth-order valence-corrected chi connectivity index (χ4v) is 5.00. The van der Waals surface area contributed by atoms with E-state index in [-0.39, 0.29) is 17.2 Å². The molecule has 2 aromatic heterocycles. The van der Waals surface area contributed by atoms with E-state index in [1.165, 1.54) is 11.3 Å². The Labute approximate surface area is 143 Å². The number of carbonyl (C=O) groups excluding carboxylic acids is 2. The monoisotopic (exact) mass is 346 g/mol. The summed E-state index contributed by atoms with van der Waals surface area (Å²) >= 11 is 3.14. The van der Waals surface area contributed by atoms with Crippen molar-refractivity contribution in [3.8, 4) is 0 Å². The summed E-state index contributed by atoms with van der Waals surface area (Å²) in [6.07, 6.45) is 2.63. The fraction of sp³-hybridized carbons (Fsp3) is 0.412. The van der Waals surface area contributed by atoms with E-state index in [0.29, 0.717) is 6.54 Å². The highest BCUT2D eigenvalue weighted by Gasteiger charge is 2.50. The minimum absolute atomic E-state index is 0.0621. The van der Waals surface area contributed by atoms with E-state index in [1.54, 1.807) is 11.3 Å². The van der Waals surface area contributed by atoms with Gasteiger partial charge in [0.1, 0.15) is 0 Å². The molecule has 23 heavy (non-hydrogen) atoms. The predicted octanol–water partition coefficient (Wildman–Crippen LogP) is 3.47. The molecule has 0 unspecified atom stereocenters. The topological polar surface area (TPSA) is 40.6 Å². The number of rotatable bonds is 2. The number of thiophene rings is 2. The van der Waals surface area contributed by atoms with Crippen molar-refractivity contribution in [2.75, 3.05) is 24.5 Å². The van der Waals surface area contributed by atoms with E-state index < -0.39 is 0 Å². The van der Waals surface area contributed by atoms with Gasteiger partial charge in [-0.15, -0.1) is 0 Å². The molecule has 0 saturated carbocycles. The van der Waals surface area contributed by atoms with Gasteiger partial charge in [0.25, 0.3) is 5.91 Å². The number of anilines is 1. The van der Waals surface area contributed by atoms with Crippen molar-refractivity contribution in [2.45, 2.75) is 19.3 Å². The summed E-state index contributed by atoms with van der Waals surface area (Å²) in [5, 5.41) is 7.83. The molecule has 2 aromatic rings. The molecule has 0 radical (unpaired) electrons. The Bertz CT molecular complexity index is 711. The van der Waals surface area contributed by atoms with Crippen LogP contribution in [0.2, 0.25) is 0 Å². The molecule has 1 spiro atoms. The molecule has 0 aromatic carbocycles. The number of nitrogens with zero attached hydrogens (tertiary/aromatic N) is 2. The molecule has 4 rings (SSSR count). The molecule has 6 heteroatoms. The lowest BCUT2D eigenvalue weighted by atomic mass is 9.78. The highest BCUT2D eigenvalue weighted by atomic mass is 32.1. The molecule has 1 atom stereocenters. The van der Waals surface area contributed by atoms with Crippen LogP contribution in [0.1, 0.15) is 29.6 Å². The SMILES string of the molecule is O=C(c1ccsc1)N1CCC[C@]2(CCN(c3ccsc3)C2=O)C1. The molecule has 0 aliphatic carbocycles. The minimum atomic E-state index is -0.383. The number of likely N-dealkylation sites (tertiary alicyclic amines) is 1. The van der Waals surface area contributed by atoms with E-state index in [2.05, 4.69) is 0 Å². The van der Waals surface area contributed by atoms with Gasteiger partial charge in [-0.2, -0.15) is 22.7 Å². The Kier molecular flexibility index (Phi) is 3.73. The van der Waals surface area contributed by atoms with Crippen LogP contribution in [0, 0.1) is 5.41 Å². The van der Waals surface area contributed by atoms with Gasteiger partial charge in [0.2, 0.25) is 5.91 Å². The zero-order valence-electron chi connectivity index (χ0n) is 12.7. The molecule has 2 fully saturated rings. The van der Waals surface area contributed by atoms with Gasteiger partial charge in [0.15, 0.2) is 0 Å². The second kappa shape index (κ2) is 5.76.